The molecule has 0 unspecified atom stereocenters. The Morgan fingerprint density at radius 2 is 2.07 bits per heavy atom. The van der Waals surface area contributed by atoms with Crippen molar-refractivity contribution in [2.75, 3.05) is 12.9 Å². The molecule has 0 radical (unpaired) electrons. The minimum atomic E-state index is -4.51. The first-order chi connectivity index (χ1) is 6.92. The highest BCUT2D eigenvalue weighted by Crippen LogP contribution is 2.20. The van der Waals surface area contributed by atoms with Crippen LogP contribution in [0.1, 0.15) is 5.56 Å². The van der Waals surface area contributed by atoms with Crippen LogP contribution in [0.15, 0.2) is 18.2 Å². The van der Waals surface area contributed by atoms with Gasteiger partial charge in [0.2, 0.25) is 0 Å². The highest BCUT2D eigenvalue weighted by atomic mass is 32.3. The van der Waals surface area contributed by atoms with Gasteiger partial charge in [0.05, 0.1) is 12.9 Å². The van der Waals surface area contributed by atoms with Gasteiger partial charge in [0.1, 0.15) is 11.6 Å². The molecule has 0 heterocycles. The zero-order valence-electron chi connectivity index (χ0n) is 8.04. The van der Waals surface area contributed by atoms with Gasteiger partial charge in [-0.2, -0.15) is 8.42 Å². The topological polar surface area (TPSA) is 43.4 Å². The van der Waals surface area contributed by atoms with E-state index >= 15 is 0 Å². The standard InChI is InChI=1S/C9H10F2O3S/c1-14-9-6-8(10)3-2-7(9)4-5-15(11,12)13/h2-3,6H,4-5H2,1H3. The molecule has 15 heavy (non-hydrogen) atoms. The van der Waals surface area contributed by atoms with E-state index in [9.17, 15) is 16.7 Å². The van der Waals surface area contributed by atoms with Crippen molar-refractivity contribution in [3.05, 3.63) is 29.6 Å². The molecule has 0 saturated carbocycles. The molecule has 0 aliphatic heterocycles. The van der Waals surface area contributed by atoms with E-state index in [-0.39, 0.29) is 12.2 Å². The zero-order chi connectivity index (χ0) is 11.5. The van der Waals surface area contributed by atoms with Gasteiger partial charge < -0.3 is 4.74 Å². The summed E-state index contributed by atoms with van der Waals surface area (Å²) in [7, 11) is -3.17. The first-order valence-corrected chi connectivity index (χ1v) is 5.72. The van der Waals surface area contributed by atoms with E-state index < -0.39 is 21.8 Å². The third-order valence-corrected chi connectivity index (χ3v) is 2.56. The summed E-state index contributed by atoms with van der Waals surface area (Å²) < 4.78 is 50.4. The Labute approximate surface area is 86.9 Å². The average Bonchev–Trinajstić information content (AvgIpc) is 2.14. The number of halogens is 2. The molecular weight excluding hydrogens is 226 g/mol. The van der Waals surface area contributed by atoms with Gasteiger partial charge in [0.25, 0.3) is 0 Å². The summed E-state index contributed by atoms with van der Waals surface area (Å²) in [4.78, 5) is 0. The van der Waals surface area contributed by atoms with Crippen LogP contribution in [-0.4, -0.2) is 21.3 Å². The Hall–Kier alpha value is -1.17. The van der Waals surface area contributed by atoms with Gasteiger partial charge in [-0.1, -0.05) is 6.07 Å². The smallest absolute Gasteiger partial charge is 0.302 e. The van der Waals surface area contributed by atoms with Crippen molar-refractivity contribution >= 4 is 10.2 Å². The van der Waals surface area contributed by atoms with Crippen molar-refractivity contribution < 1.29 is 21.4 Å². The third kappa shape index (κ3) is 3.83. The summed E-state index contributed by atoms with van der Waals surface area (Å²) in [5, 5.41) is 0. The van der Waals surface area contributed by atoms with Crippen molar-refractivity contribution in [1.29, 1.82) is 0 Å². The molecular formula is C9H10F2O3S. The van der Waals surface area contributed by atoms with Gasteiger partial charge in [-0.15, -0.1) is 3.89 Å². The molecule has 0 bridgehead atoms. The second-order valence-electron chi connectivity index (χ2n) is 2.95. The Bertz CT molecular complexity index is 443. The minimum absolute atomic E-state index is 0.0394. The lowest BCUT2D eigenvalue weighted by Crippen LogP contribution is -2.03. The molecule has 0 fully saturated rings. The molecule has 6 heteroatoms. The number of aryl methyl sites for hydroxylation is 1. The normalized spacial score (nSPS) is 11.4. The van der Waals surface area contributed by atoms with Crippen LogP contribution >= 0.6 is 0 Å². The van der Waals surface area contributed by atoms with E-state index in [1.165, 1.54) is 19.2 Å². The Kier molecular flexibility index (Phi) is 3.62. The second kappa shape index (κ2) is 4.57. The predicted molar refractivity (Wildman–Crippen MR) is 51.6 cm³/mol. The summed E-state index contributed by atoms with van der Waals surface area (Å²) in [6.45, 7) is 0. The lowest BCUT2D eigenvalue weighted by atomic mass is 10.1. The fraction of sp³-hybridized carbons (Fsp3) is 0.333. The largest absolute Gasteiger partial charge is 0.496 e. The molecule has 0 aromatic heterocycles. The van der Waals surface area contributed by atoms with E-state index in [0.29, 0.717) is 5.56 Å². The summed E-state index contributed by atoms with van der Waals surface area (Å²) >= 11 is 0. The summed E-state index contributed by atoms with van der Waals surface area (Å²) in [5.41, 5.74) is 0.458. The molecule has 0 aliphatic rings. The molecule has 84 valence electrons. The van der Waals surface area contributed by atoms with Crippen molar-refractivity contribution in [2.45, 2.75) is 6.42 Å². The fourth-order valence-electron chi connectivity index (χ4n) is 1.16. The molecule has 3 nitrogen and oxygen atoms in total. The summed E-state index contributed by atoms with van der Waals surface area (Å²) in [5.74, 6) is -0.896. The van der Waals surface area contributed by atoms with Gasteiger partial charge in [-0.05, 0) is 18.1 Å². The first-order valence-electron chi connectivity index (χ1n) is 4.17. The molecule has 1 aromatic carbocycles. The number of ether oxygens (including phenoxy) is 1. The Morgan fingerprint density at radius 1 is 1.40 bits per heavy atom. The number of benzene rings is 1. The lowest BCUT2D eigenvalue weighted by Gasteiger charge is -2.06. The van der Waals surface area contributed by atoms with Gasteiger partial charge in [0.15, 0.2) is 0 Å². The van der Waals surface area contributed by atoms with E-state index in [1.807, 2.05) is 0 Å². The van der Waals surface area contributed by atoms with Crippen LogP contribution in [0.2, 0.25) is 0 Å². The Morgan fingerprint density at radius 3 is 2.60 bits per heavy atom. The maximum absolute atomic E-state index is 12.7. The molecule has 0 aliphatic carbocycles. The van der Waals surface area contributed by atoms with Crippen LogP contribution in [0.3, 0.4) is 0 Å². The van der Waals surface area contributed by atoms with E-state index in [2.05, 4.69) is 0 Å². The fourth-order valence-corrected chi connectivity index (χ4v) is 1.62. The van der Waals surface area contributed by atoms with Crippen molar-refractivity contribution in [1.82, 2.24) is 0 Å². The highest BCUT2D eigenvalue weighted by molar-refractivity contribution is 7.86. The van der Waals surface area contributed by atoms with E-state index in [4.69, 9.17) is 4.74 Å². The molecule has 0 saturated heterocycles. The molecule has 0 N–H and O–H groups in total. The predicted octanol–water partition coefficient (Wildman–Crippen LogP) is 1.68. The molecule has 1 rings (SSSR count). The molecule has 0 atom stereocenters. The summed E-state index contributed by atoms with van der Waals surface area (Å²) in [6.07, 6.45) is -0.0394. The van der Waals surface area contributed by atoms with Crippen LogP contribution in [0.5, 0.6) is 5.75 Å². The van der Waals surface area contributed by atoms with E-state index in [0.717, 1.165) is 6.07 Å². The van der Waals surface area contributed by atoms with Crippen LogP contribution in [-0.2, 0) is 16.6 Å². The van der Waals surface area contributed by atoms with Crippen LogP contribution in [0.25, 0.3) is 0 Å². The van der Waals surface area contributed by atoms with Gasteiger partial charge in [0, 0.05) is 6.07 Å². The first kappa shape index (κ1) is 11.9. The van der Waals surface area contributed by atoms with Crippen LogP contribution in [0.4, 0.5) is 8.28 Å². The van der Waals surface area contributed by atoms with Crippen LogP contribution in [0, 0.1) is 5.82 Å². The molecule has 0 spiro atoms. The average molecular weight is 236 g/mol. The maximum Gasteiger partial charge on any atom is 0.302 e. The number of methoxy groups -OCH3 is 1. The van der Waals surface area contributed by atoms with Gasteiger partial charge in [-0.3, -0.25) is 0 Å². The minimum Gasteiger partial charge on any atom is -0.496 e. The quantitative estimate of drug-likeness (QED) is 0.747. The van der Waals surface area contributed by atoms with Crippen molar-refractivity contribution in [2.24, 2.45) is 0 Å². The SMILES string of the molecule is COc1cc(F)ccc1CCS(=O)(=O)F. The van der Waals surface area contributed by atoms with Gasteiger partial charge in [-0.25, -0.2) is 4.39 Å². The van der Waals surface area contributed by atoms with E-state index in [1.54, 1.807) is 0 Å². The zero-order valence-corrected chi connectivity index (χ0v) is 8.85. The molecule has 1 aromatic rings. The lowest BCUT2D eigenvalue weighted by molar-refractivity contribution is 0.406. The van der Waals surface area contributed by atoms with Gasteiger partial charge >= 0.3 is 10.2 Å². The van der Waals surface area contributed by atoms with Crippen molar-refractivity contribution in [3.8, 4) is 5.75 Å². The maximum atomic E-state index is 12.7. The number of rotatable bonds is 4. The third-order valence-electron chi connectivity index (χ3n) is 1.86. The summed E-state index contributed by atoms with van der Waals surface area (Å²) in [6, 6.07) is 3.67. The highest BCUT2D eigenvalue weighted by Gasteiger charge is 2.11. The second-order valence-corrected chi connectivity index (χ2v) is 4.44. The number of hydrogen-bond donors (Lipinski definition) is 0. The van der Waals surface area contributed by atoms with Crippen LogP contribution < -0.4 is 4.74 Å². The van der Waals surface area contributed by atoms with Crippen molar-refractivity contribution in [3.63, 3.8) is 0 Å². The Balaban J connectivity index is 2.85. The molecule has 0 amide bonds. The number of hydrogen-bond acceptors (Lipinski definition) is 3. The monoisotopic (exact) mass is 236 g/mol.